The maximum Gasteiger partial charge on any atom is 0.187 e. The van der Waals surface area contributed by atoms with Gasteiger partial charge in [-0.2, -0.15) is 0 Å². The monoisotopic (exact) mass is 1240 g/mol. The van der Waals surface area contributed by atoms with E-state index in [1.807, 2.05) is 243 Å². The van der Waals surface area contributed by atoms with E-state index < -0.39 is 92.1 Å². The van der Waals surface area contributed by atoms with Gasteiger partial charge in [0.05, 0.1) is 72.7 Å². The van der Waals surface area contributed by atoms with Crippen LogP contribution in [0, 0.1) is 0 Å². The molecule has 3 aliphatic rings. The van der Waals surface area contributed by atoms with Crippen molar-refractivity contribution >= 4 is 0 Å². The maximum absolute atomic E-state index is 13.3. The molecular formula is C75H82O16. The van der Waals surface area contributed by atoms with E-state index in [-0.39, 0.29) is 72.7 Å². The normalized spacial score (nSPS) is 26.7. The molecular weight excluding hydrogens is 1160 g/mol. The van der Waals surface area contributed by atoms with Gasteiger partial charge in [-0.25, -0.2) is 0 Å². The molecule has 0 spiro atoms. The zero-order chi connectivity index (χ0) is 62.2. The number of rotatable bonds is 32. The van der Waals surface area contributed by atoms with E-state index in [1.54, 1.807) is 0 Å². The molecule has 8 aromatic carbocycles. The lowest BCUT2D eigenvalue weighted by Crippen LogP contribution is -2.67. The van der Waals surface area contributed by atoms with Crippen LogP contribution in [-0.2, 0) is 119 Å². The Kier molecular flexibility index (Phi) is 25.0. The molecule has 3 aliphatic heterocycles. The van der Waals surface area contributed by atoms with Crippen molar-refractivity contribution < 1.29 is 76.5 Å². The predicted octanol–water partition coefficient (Wildman–Crippen LogP) is 10.9. The maximum atomic E-state index is 13.3. The molecule has 2 N–H and O–H groups in total. The molecule has 0 radical (unpaired) electrons. The van der Waals surface area contributed by atoms with Crippen LogP contribution in [0.2, 0.25) is 0 Å². The molecule has 11 rings (SSSR count). The zero-order valence-corrected chi connectivity index (χ0v) is 51.1. The third-order valence-corrected chi connectivity index (χ3v) is 16.2. The summed E-state index contributed by atoms with van der Waals surface area (Å²) in [5.41, 5.74) is 7.33. The van der Waals surface area contributed by atoms with Gasteiger partial charge in [0.1, 0.15) is 73.2 Å². The first-order chi connectivity index (χ1) is 44.9. The fourth-order valence-electron chi connectivity index (χ4n) is 11.5. The van der Waals surface area contributed by atoms with Gasteiger partial charge >= 0.3 is 0 Å². The molecule has 15 atom stereocenters. The van der Waals surface area contributed by atoms with Gasteiger partial charge in [0, 0.05) is 7.11 Å². The molecule has 0 aliphatic carbocycles. The summed E-state index contributed by atoms with van der Waals surface area (Å²) in [7, 11) is 1.46. The van der Waals surface area contributed by atoms with Crippen molar-refractivity contribution in [2.75, 3.05) is 26.9 Å². The van der Waals surface area contributed by atoms with Gasteiger partial charge in [0.25, 0.3) is 0 Å². The minimum absolute atomic E-state index is 0.0408. The van der Waals surface area contributed by atoms with Gasteiger partial charge in [-0.3, -0.25) is 0 Å². The topological polar surface area (TPSA) is 170 Å². The highest BCUT2D eigenvalue weighted by Crippen LogP contribution is 2.38. The van der Waals surface area contributed by atoms with Crippen LogP contribution in [0.1, 0.15) is 44.5 Å². The van der Waals surface area contributed by atoms with E-state index >= 15 is 0 Å². The third-order valence-electron chi connectivity index (χ3n) is 16.2. The van der Waals surface area contributed by atoms with E-state index in [4.69, 9.17) is 66.3 Å². The van der Waals surface area contributed by atoms with Crippen LogP contribution in [0.3, 0.4) is 0 Å². The van der Waals surface area contributed by atoms with E-state index in [9.17, 15) is 10.2 Å². The first-order valence-corrected chi connectivity index (χ1v) is 31.2. The number of aliphatic hydroxyl groups excluding tert-OH is 2. The Morgan fingerprint density at radius 3 is 0.879 bits per heavy atom. The summed E-state index contributed by atoms with van der Waals surface area (Å²) in [5.74, 6) is 0. The number of methoxy groups -OCH3 is 1. The Hall–Kier alpha value is -6.88. The summed E-state index contributed by atoms with van der Waals surface area (Å²) < 4.78 is 95.3. The van der Waals surface area contributed by atoms with Gasteiger partial charge in [0.2, 0.25) is 0 Å². The van der Waals surface area contributed by atoms with Crippen molar-refractivity contribution in [1.29, 1.82) is 0 Å². The van der Waals surface area contributed by atoms with Crippen molar-refractivity contribution in [1.82, 2.24) is 0 Å². The molecule has 16 nitrogen and oxygen atoms in total. The van der Waals surface area contributed by atoms with Crippen molar-refractivity contribution in [3.63, 3.8) is 0 Å². The van der Waals surface area contributed by atoms with E-state index in [0.29, 0.717) is 0 Å². The quantitative estimate of drug-likeness (QED) is 0.0408. The van der Waals surface area contributed by atoms with Gasteiger partial charge in [0.15, 0.2) is 18.9 Å². The Labute approximate surface area is 533 Å². The average Bonchev–Trinajstić information content (AvgIpc) is 2.39. The van der Waals surface area contributed by atoms with Gasteiger partial charge < -0.3 is 76.5 Å². The SMILES string of the molecule is CO[C@H]1O[C@H](COCc2ccccc2)[C@@H](OCc2ccccc2)[C@H](O)[C@@H]1O[C@H]1O[C@H](COCc2ccccc2)[C@@H](OCc2ccccc2)[C@H](O[C@H]2O[C@H](COCc3ccccc3)[C@H](OCc3ccccc3)[C@H](OCc3ccccc3)[C@H]2OCc2ccccc2)[C@@H]1O. The third kappa shape index (κ3) is 18.9. The fraction of sp³-hybridized carbons (Fsp3) is 0.360. The van der Waals surface area contributed by atoms with Crippen LogP contribution < -0.4 is 0 Å². The van der Waals surface area contributed by atoms with Gasteiger partial charge in [-0.15, -0.1) is 0 Å². The van der Waals surface area contributed by atoms with Gasteiger partial charge in [-0.05, 0) is 44.5 Å². The van der Waals surface area contributed by atoms with Crippen LogP contribution in [0.4, 0.5) is 0 Å². The number of hydrogen-bond acceptors (Lipinski definition) is 16. The molecule has 91 heavy (non-hydrogen) atoms. The molecule has 0 unspecified atom stereocenters. The highest BCUT2D eigenvalue weighted by molar-refractivity contribution is 5.20. The van der Waals surface area contributed by atoms with Crippen LogP contribution in [0.15, 0.2) is 243 Å². The molecule has 3 saturated heterocycles. The summed E-state index contributed by atoms with van der Waals surface area (Å²) in [6.07, 6.45) is -17.3. The Morgan fingerprint density at radius 1 is 0.264 bits per heavy atom. The van der Waals surface area contributed by atoms with E-state index in [1.165, 1.54) is 7.11 Å². The smallest absolute Gasteiger partial charge is 0.187 e. The van der Waals surface area contributed by atoms with E-state index in [0.717, 1.165) is 44.5 Å². The molecule has 478 valence electrons. The second kappa shape index (κ2) is 34.7. The molecule has 0 amide bonds. The Morgan fingerprint density at radius 2 is 0.527 bits per heavy atom. The highest BCUT2D eigenvalue weighted by Gasteiger charge is 2.56. The molecule has 8 aromatic rings. The first-order valence-electron chi connectivity index (χ1n) is 31.2. The lowest BCUT2D eigenvalue weighted by Gasteiger charge is -2.50. The van der Waals surface area contributed by atoms with Crippen molar-refractivity contribution in [2.24, 2.45) is 0 Å². The number of benzene rings is 8. The number of ether oxygens (including phenoxy) is 14. The Bertz CT molecular complexity index is 3260. The zero-order valence-electron chi connectivity index (χ0n) is 51.1. The molecule has 0 bridgehead atoms. The summed E-state index contributed by atoms with van der Waals surface area (Å²) in [6, 6.07) is 78.4. The van der Waals surface area contributed by atoms with Crippen molar-refractivity contribution in [3.05, 3.63) is 287 Å². The minimum Gasteiger partial charge on any atom is -0.387 e. The van der Waals surface area contributed by atoms with Crippen LogP contribution >= 0.6 is 0 Å². The van der Waals surface area contributed by atoms with Gasteiger partial charge in [-0.1, -0.05) is 243 Å². The predicted molar refractivity (Wildman–Crippen MR) is 338 cm³/mol. The van der Waals surface area contributed by atoms with Crippen LogP contribution in [0.5, 0.6) is 0 Å². The molecule has 0 aromatic heterocycles. The lowest BCUT2D eigenvalue weighted by molar-refractivity contribution is -0.393. The summed E-state index contributed by atoms with van der Waals surface area (Å²) in [5, 5.41) is 26.1. The average molecular weight is 1240 g/mol. The summed E-state index contributed by atoms with van der Waals surface area (Å²) >= 11 is 0. The minimum atomic E-state index is -1.67. The number of hydrogen-bond donors (Lipinski definition) is 2. The second-order valence-electron chi connectivity index (χ2n) is 22.9. The largest absolute Gasteiger partial charge is 0.387 e. The second-order valence-corrected chi connectivity index (χ2v) is 22.9. The van der Waals surface area contributed by atoms with Crippen molar-refractivity contribution in [3.8, 4) is 0 Å². The Balaban J connectivity index is 0.959. The summed E-state index contributed by atoms with van der Waals surface area (Å²) in [4.78, 5) is 0. The lowest BCUT2D eigenvalue weighted by atomic mass is 9.95. The van der Waals surface area contributed by atoms with E-state index in [2.05, 4.69) is 0 Å². The standard InChI is InChI=1S/C75H82O16/c1-78-74-70(64(76)66(82-45-56-32-16-5-17-33-56)61(88-74)50-79-42-53-26-10-2-11-27-53)91-73-65(77)69(67(83-46-57-34-18-6-19-35-57)62(87-73)51-80-43-54-28-12-3-13-29-54)90-75-72(86-49-60-40-24-9-25-41-60)71(85-48-59-38-22-8-23-39-59)68(84-47-58-36-20-7-21-37-58)63(89-75)52-81-44-55-30-14-4-15-31-55/h2-41,61-77H,42-52H2,1H3/t61-,62-,63-,64+,65+,66-,67-,68+,69-,70+,71+,72-,73-,74+,75-/m1/s1. The van der Waals surface area contributed by atoms with Crippen molar-refractivity contribution in [2.45, 2.75) is 145 Å². The summed E-state index contributed by atoms with van der Waals surface area (Å²) in [6.45, 7) is 1.53. The molecule has 3 heterocycles. The highest BCUT2D eigenvalue weighted by atomic mass is 16.8. The number of aliphatic hydroxyl groups is 2. The molecule has 0 saturated carbocycles. The first kappa shape index (κ1) is 65.6. The van der Waals surface area contributed by atoms with Crippen LogP contribution in [0.25, 0.3) is 0 Å². The van der Waals surface area contributed by atoms with Crippen LogP contribution in [-0.4, -0.2) is 129 Å². The molecule has 16 heteroatoms. The fourth-order valence-corrected chi connectivity index (χ4v) is 11.5. The molecule has 3 fully saturated rings.